The Balaban J connectivity index is 1.25. The quantitative estimate of drug-likeness (QED) is 0.0571. The minimum Gasteiger partial charge on any atom is -0.479 e. The summed E-state index contributed by atoms with van der Waals surface area (Å²) in [7, 11) is 0. The SMILES string of the molecule is CC(=O)N[C@H]1[C@H](O[C@H]2[C@H](O)[C@@H](O)[C@@H](O[C@H]3[C@H](O)[C@@H](CO)O[C@@H](O[C@H]4[C@H](O)[C@@H](O)[C@@H](O[C@H]5[C@H](O)[C@@H](CO)O[C@@H](O[C@H]6[C@H](O)[C@@H](O)[C@@H](O)O[C@@H]6C(=O)O)[C@@H]5NC(C)=O)O[C@@H]4C(=O)O)[C@@H]3NC(C)=O)O[C@@H]2C(=O)O)O[C@H](CO)[C@@H](O)[C@@H]1O. The zero-order valence-electron chi connectivity index (χ0n) is 41.5. The average Bonchev–Trinajstić information content (AvgIpc) is 3.54. The summed E-state index contributed by atoms with van der Waals surface area (Å²) < 4.78 is 61.2. The molecule has 3 amide bonds. The van der Waals surface area contributed by atoms with Gasteiger partial charge in [0.05, 0.1) is 19.8 Å². The third-order valence-electron chi connectivity index (χ3n) is 13.5. The molecule has 0 aliphatic carbocycles. The van der Waals surface area contributed by atoms with Crippen LogP contribution >= 0.6 is 0 Å². The van der Waals surface area contributed by atoms with E-state index in [2.05, 4.69) is 16.0 Å². The van der Waals surface area contributed by atoms with Crippen LogP contribution in [-0.2, 0) is 80.9 Å². The van der Waals surface area contributed by atoms with Crippen LogP contribution in [0.5, 0.6) is 0 Å². The van der Waals surface area contributed by atoms with E-state index in [0.717, 1.165) is 20.8 Å². The molecule has 6 saturated heterocycles. The van der Waals surface area contributed by atoms with Gasteiger partial charge in [-0.05, 0) is 0 Å². The largest absolute Gasteiger partial charge is 0.479 e. The van der Waals surface area contributed by atoms with Crippen molar-refractivity contribution < 1.29 is 168 Å². The number of rotatable bonds is 19. The first-order chi connectivity index (χ1) is 37.1. The van der Waals surface area contributed by atoms with E-state index in [1.165, 1.54) is 0 Å². The van der Waals surface area contributed by atoms with E-state index in [-0.39, 0.29) is 0 Å². The van der Waals surface area contributed by atoms with Gasteiger partial charge >= 0.3 is 17.9 Å². The standard InChI is InChI=1S/C42H65N3O34/c1-7(49)43-13-19(55)16(52)10(4-46)69-38(13)75-29-21(57)24(60)41(78-32(29)35(64)65)74-27-15(45-9(3)51)40(71-12(6-48)18(27)54)77-30-22(58)25(61)42(79-33(30)36(66)67)73-26-14(44-8(2)50)39(70-11(5-47)17(26)53)76-28-20(56)23(59)37(68)72-31(28)34(62)63/h10-33,37-42,46-48,52-61,68H,4-6H2,1-3H3,(H,43,49)(H,44,50)(H,45,51)(H,62,63)(H,64,65)(H,66,67)/t10-,11-,12-,13-,14-,15-,16-,17-,18-,19-,20-,21-,22-,23-,24-,25-,26-,27-,28+,29+,30+,31+,32+,33+,37+,38+,39+,40+,41+,42+/m1/s1. The molecule has 0 spiro atoms. The summed E-state index contributed by atoms with van der Waals surface area (Å²) in [5.41, 5.74) is 0. The lowest BCUT2D eigenvalue weighted by molar-refractivity contribution is -0.377. The molecule has 0 bridgehead atoms. The molecule has 30 atom stereocenters. The number of aliphatic carboxylic acids is 3. The highest BCUT2D eigenvalue weighted by molar-refractivity contribution is 5.75. The molecule has 6 heterocycles. The van der Waals surface area contributed by atoms with E-state index in [1.54, 1.807) is 0 Å². The second-order valence-corrected chi connectivity index (χ2v) is 19.1. The number of carbonyl (C=O) groups is 6. The van der Waals surface area contributed by atoms with E-state index in [1.807, 2.05) is 0 Å². The number of nitrogens with one attached hydrogen (secondary N) is 3. The molecular formula is C42H65N3O34. The van der Waals surface area contributed by atoms with Crippen molar-refractivity contribution >= 4 is 35.6 Å². The number of carboxylic acid groups (broad SMARTS) is 3. The Labute approximate surface area is 443 Å². The highest BCUT2D eigenvalue weighted by atomic mass is 16.8. The number of ether oxygens (including phenoxy) is 11. The van der Waals surface area contributed by atoms with Gasteiger partial charge in [-0.3, -0.25) is 14.4 Å². The number of hydrogen-bond acceptors (Lipinski definition) is 31. The zero-order valence-corrected chi connectivity index (χ0v) is 41.5. The van der Waals surface area contributed by atoms with Gasteiger partial charge < -0.3 is 155 Å². The van der Waals surface area contributed by atoms with E-state index in [9.17, 15) is 116 Å². The number of carboxylic acids is 3. The van der Waals surface area contributed by atoms with Gasteiger partial charge in [0.1, 0.15) is 128 Å². The van der Waals surface area contributed by atoms with Crippen LogP contribution in [0.1, 0.15) is 20.8 Å². The van der Waals surface area contributed by atoms with Crippen LogP contribution in [0, 0.1) is 0 Å². The lowest BCUT2D eigenvalue weighted by Gasteiger charge is -2.50. The van der Waals surface area contributed by atoms with E-state index in [0.29, 0.717) is 0 Å². The summed E-state index contributed by atoms with van der Waals surface area (Å²) in [6.07, 6.45) is -59.2. The van der Waals surface area contributed by atoms with Gasteiger partial charge in [-0.15, -0.1) is 0 Å². The third kappa shape index (κ3) is 13.8. The molecule has 452 valence electrons. The van der Waals surface area contributed by atoms with E-state index < -0.39 is 239 Å². The van der Waals surface area contributed by atoms with Gasteiger partial charge in [-0.2, -0.15) is 0 Å². The summed E-state index contributed by atoms with van der Waals surface area (Å²) in [5, 5.41) is 188. The lowest BCUT2D eigenvalue weighted by Crippen LogP contribution is -2.71. The summed E-state index contributed by atoms with van der Waals surface area (Å²) in [6.45, 7) is -0.435. The highest BCUT2D eigenvalue weighted by Gasteiger charge is 2.60. The van der Waals surface area contributed by atoms with Crippen molar-refractivity contribution in [3.05, 3.63) is 0 Å². The van der Waals surface area contributed by atoms with Crippen LogP contribution in [-0.4, -0.2) is 326 Å². The fraction of sp³-hybridized carbons (Fsp3) is 0.857. The predicted molar refractivity (Wildman–Crippen MR) is 236 cm³/mol. The van der Waals surface area contributed by atoms with Crippen molar-refractivity contribution in [2.45, 2.75) is 205 Å². The smallest absolute Gasteiger partial charge is 0.335 e. The summed E-state index contributed by atoms with van der Waals surface area (Å²) >= 11 is 0. The van der Waals surface area contributed by atoms with Crippen LogP contribution < -0.4 is 16.0 Å². The van der Waals surface area contributed by atoms with Crippen LogP contribution in [0.3, 0.4) is 0 Å². The molecule has 0 unspecified atom stereocenters. The fourth-order valence-corrected chi connectivity index (χ4v) is 9.63. The number of aliphatic hydroxyl groups is 14. The Morgan fingerprint density at radius 3 is 0.962 bits per heavy atom. The van der Waals surface area contributed by atoms with Gasteiger partial charge in [0.15, 0.2) is 56.1 Å². The molecule has 6 rings (SSSR count). The van der Waals surface area contributed by atoms with E-state index in [4.69, 9.17) is 52.1 Å². The summed E-state index contributed by atoms with van der Waals surface area (Å²) in [6, 6.07) is -5.63. The molecule has 20 N–H and O–H groups in total. The number of aliphatic hydroxyl groups excluding tert-OH is 14. The Kier molecular flexibility index (Phi) is 21.7. The number of carbonyl (C=O) groups excluding carboxylic acids is 3. The number of hydrogen-bond donors (Lipinski definition) is 20. The van der Waals surface area contributed by atoms with Gasteiger partial charge in [-0.25, -0.2) is 14.4 Å². The Morgan fingerprint density at radius 2 is 0.633 bits per heavy atom. The van der Waals surface area contributed by atoms with Gasteiger partial charge in [0.2, 0.25) is 17.7 Å². The second-order valence-electron chi connectivity index (χ2n) is 19.1. The molecule has 0 saturated carbocycles. The fourth-order valence-electron chi connectivity index (χ4n) is 9.63. The predicted octanol–water partition coefficient (Wildman–Crippen LogP) is -13.4. The van der Waals surface area contributed by atoms with Gasteiger partial charge in [-0.1, -0.05) is 0 Å². The van der Waals surface area contributed by atoms with Crippen LogP contribution in [0.2, 0.25) is 0 Å². The lowest BCUT2D eigenvalue weighted by atomic mass is 9.93. The minimum atomic E-state index is -2.53. The molecular weight excluding hydrogens is 1090 g/mol. The molecule has 79 heavy (non-hydrogen) atoms. The minimum absolute atomic E-state index is 0.824. The first-order valence-electron chi connectivity index (χ1n) is 24.1. The van der Waals surface area contributed by atoms with Crippen molar-refractivity contribution in [1.82, 2.24) is 16.0 Å². The molecule has 0 radical (unpaired) electrons. The van der Waals surface area contributed by atoms with Crippen LogP contribution in [0.15, 0.2) is 0 Å². The Morgan fingerprint density at radius 1 is 0.342 bits per heavy atom. The first-order valence-corrected chi connectivity index (χ1v) is 24.1. The Hall–Kier alpha value is -4.18. The van der Waals surface area contributed by atoms with Crippen molar-refractivity contribution in [3.8, 4) is 0 Å². The van der Waals surface area contributed by atoms with Gasteiger partial charge in [0, 0.05) is 20.8 Å². The molecule has 37 heteroatoms. The maximum atomic E-state index is 12.9. The molecule has 6 fully saturated rings. The average molecular weight is 1160 g/mol. The highest BCUT2D eigenvalue weighted by Crippen LogP contribution is 2.37. The third-order valence-corrected chi connectivity index (χ3v) is 13.5. The topological polar surface area (TPSA) is 584 Å². The molecule has 6 aliphatic heterocycles. The van der Waals surface area contributed by atoms with Crippen molar-refractivity contribution in [2.75, 3.05) is 19.8 Å². The molecule has 6 aliphatic rings. The zero-order chi connectivity index (χ0) is 58.8. The molecule has 0 aromatic carbocycles. The van der Waals surface area contributed by atoms with Crippen molar-refractivity contribution in [1.29, 1.82) is 0 Å². The van der Waals surface area contributed by atoms with Gasteiger partial charge in [0.25, 0.3) is 0 Å². The summed E-state index contributed by atoms with van der Waals surface area (Å²) in [5.74, 6) is -8.60. The Bertz CT molecular complexity index is 2120. The first kappa shape index (κ1) is 64.0. The molecule has 0 aromatic rings. The van der Waals surface area contributed by atoms with Crippen LogP contribution in [0.25, 0.3) is 0 Å². The van der Waals surface area contributed by atoms with Crippen molar-refractivity contribution in [2.24, 2.45) is 0 Å². The van der Waals surface area contributed by atoms with E-state index >= 15 is 0 Å². The van der Waals surface area contributed by atoms with Crippen LogP contribution in [0.4, 0.5) is 0 Å². The number of amides is 3. The normalized spacial score (nSPS) is 46.6. The summed E-state index contributed by atoms with van der Waals surface area (Å²) in [4.78, 5) is 75.0. The second kappa shape index (κ2) is 26.8. The monoisotopic (exact) mass is 1160 g/mol. The molecule has 0 aromatic heterocycles. The maximum absolute atomic E-state index is 12.9. The molecule has 37 nitrogen and oxygen atoms in total. The maximum Gasteiger partial charge on any atom is 0.335 e. The van der Waals surface area contributed by atoms with Crippen molar-refractivity contribution in [3.63, 3.8) is 0 Å².